The lowest BCUT2D eigenvalue weighted by Crippen LogP contribution is -2.59. The van der Waals surface area contributed by atoms with E-state index in [1.807, 2.05) is 24.3 Å². The molecule has 0 aromatic heterocycles. The number of amides is 2. The smallest absolute Gasteiger partial charge is 0.319 e. The lowest BCUT2D eigenvalue weighted by Gasteiger charge is -2.40. The van der Waals surface area contributed by atoms with Gasteiger partial charge in [-0.3, -0.25) is 0 Å². The lowest BCUT2D eigenvalue weighted by molar-refractivity contribution is 0.165. The maximum Gasteiger partial charge on any atom is 0.319 e. The summed E-state index contributed by atoms with van der Waals surface area (Å²) >= 11 is 0. The second-order valence-electron chi connectivity index (χ2n) is 5.57. The number of benzene rings is 1. The summed E-state index contributed by atoms with van der Waals surface area (Å²) in [5.41, 5.74) is 6.23. The quantitative estimate of drug-likeness (QED) is 0.780. The third kappa shape index (κ3) is 3.86. The Kier molecular flexibility index (Phi) is 5.03. The van der Waals surface area contributed by atoms with Crippen LogP contribution in [0, 0.1) is 0 Å². The van der Waals surface area contributed by atoms with Gasteiger partial charge in [0.15, 0.2) is 0 Å². The van der Waals surface area contributed by atoms with Gasteiger partial charge < -0.3 is 26.0 Å². The number of rotatable bonds is 4. The highest BCUT2D eigenvalue weighted by Crippen LogP contribution is 2.24. The zero-order valence-corrected chi connectivity index (χ0v) is 12.7. The summed E-state index contributed by atoms with van der Waals surface area (Å²) in [4.78, 5) is 14.5. The zero-order chi connectivity index (χ0) is 15.3. The molecule has 1 heterocycles. The molecule has 0 saturated carbocycles. The van der Waals surface area contributed by atoms with Crippen molar-refractivity contribution in [3.8, 4) is 5.75 Å². The minimum Gasteiger partial charge on any atom is -0.495 e. The SMILES string of the molecule is COc1ccccc1NC(=O)NC1(CN)CCN(C)CC1. The lowest BCUT2D eigenvalue weighted by atomic mass is 9.88. The highest BCUT2D eigenvalue weighted by atomic mass is 16.5. The molecule has 21 heavy (non-hydrogen) atoms. The first-order valence-electron chi connectivity index (χ1n) is 7.19. The summed E-state index contributed by atoms with van der Waals surface area (Å²) in [5.74, 6) is 0.637. The van der Waals surface area contributed by atoms with Crippen LogP contribution in [0.25, 0.3) is 0 Å². The number of nitrogens with two attached hydrogens (primary N) is 1. The second-order valence-corrected chi connectivity index (χ2v) is 5.57. The molecule has 0 unspecified atom stereocenters. The van der Waals surface area contributed by atoms with Crippen molar-refractivity contribution in [2.75, 3.05) is 39.1 Å². The molecule has 2 rings (SSSR count). The van der Waals surface area contributed by atoms with Crippen molar-refractivity contribution in [3.05, 3.63) is 24.3 Å². The molecule has 1 aromatic rings. The van der Waals surface area contributed by atoms with Crippen LogP contribution < -0.4 is 21.1 Å². The van der Waals surface area contributed by atoms with Crippen LogP contribution in [-0.2, 0) is 0 Å². The van der Waals surface area contributed by atoms with Gasteiger partial charge in [-0.15, -0.1) is 0 Å². The number of piperidine rings is 1. The van der Waals surface area contributed by atoms with Gasteiger partial charge in [-0.1, -0.05) is 12.1 Å². The summed E-state index contributed by atoms with van der Waals surface area (Å²) in [7, 11) is 3.66. The van der Waals surface area contributed by atoms with E-state index in [2.05, 4.69) is 22.6 Å². The number of methoxy groups -OCH3 is 1. The van der Waals surface area contributed by atoms with Gasteiger partial charge >= 0.3 is 6.03 Å². The number of carbonyl (C=O) groups excluding carboxylic acids is 1. The minimum absolute atomic E-state index is 0.241. The largest absolute Gasteiger partial charge is 0.495 e. The maximum atomic E-state index is 12.2. The topological polar surface area (TPSA) is 79.6 Å². The van der Waals surface area contributed by atoms with E-state index in [1.54, 1.807) is 7.11 Å². The molecule has 0 spiro atoms. The first kappa shape index (κ1) is 15.6. The van der Waals surface area contributed by atoms with Crippen molar-refractivity contribution in [1.29, 1.82) is 0 Å². The Morgan fingerprint density at radius 1 is 1.38 bits per heavy atom. The number of urea groups is 1. The molecule has 0 atom stereocenters. The van der Waals surface area contributed by atoms with Crippen molar-refractivity contribution in [2.45, 2.75) is 18.4 Å². The first-order valence-corrected chi connectivity index (χ1v) is 7.19. The molecule has 0 radical (unpaired) electrons. The molecule has 1 aliphatic heterocycles. The Morgan fingerprint density at radius 3 is 2.67 bits per heavy atom. The molecule has 0 bridgehead atoms. The number of anilines is 1. The van der Waals surface area contributed by atoms with Crippen LogP contribution in [0.2, 0.25) is 0 Å². The highest BCUT2D eigenvalue weighted by molar-refractivity contribution is 5.91. The van der Waals surface area contributed by atoms with Crippen molar-refractivity contribution in [2.24, 2.45) is 5.73 Å². The normalized spacial score (nSPS) is 18.0. The third-order valence-electron chi connectivity index (χ3n) is 4.07. The Balaban J connectivity index is 2.00. The highest BCUT2D eigenvalue weighted by Gasteiger charge is 2.33. The van der Waals surface area contributed by atoms with Crippen LogP contribution >= 0.6 is 0 Å². The van der Waals surface area contributed by atoms with Crippen LogP contribution in [0.4, 0.5) is 10.5 Å². The molecule has 6 heteroatoms. The number of para-hydroxylation sites is 2. The minimum atomic E-state index is -0.321. The van der Waals surface area contributed by atoms with E-state index < -0.39 is 0 Å². The predicted molar refractivity (Wildman–Crippen MR) is 83.7 cm³/mol. The van der Waals surface area contributed by atoms with E-state index in [4.69, 9.17) is 10.5 Å². The summed E-state index contributed by atoms with van der Waals surface area (Å²) in [5, 5.41) is 5.88. The molecular formula is C15H24N4O2. The van der Waals surface area contributed by atoms with Crippen LogP contribution in [0.1, 0.15) is 12.8 Å². The van der Waals surface area contributed by atoms with E-state index >= 15 is 0 Å². The molecule has 0 aliphatic carbocycles. The molecule has 1 aromatic carbocycles. The Bertz CT molecular complexity index is 484. The van der Waals surface area contributed by atoms with Crippen molar-refractivity contribution < 1.29 is 9.53 Å². The standard InChI is InChI=1S/C15H24N4O2/c1-19-9-7-15(11-16,8-10-19)18-14(20)17-12-5-3-4-6-13(12)21-2/h3-6H,7-11,16H2,1-2H3,(H2,17,18,20). The number of hydrogen-bond acceptors (Lipinski definition) is 4. The van der Waals surface area contributed by atoms with E-state index in [1.165, 1.54) is 0 Å². The number of likely N-dealkylation sites (tertiary alicyclic amines) is 1. The fraction of sp³-hybridized carbons (Fsp3) is 0.533. The summed E-state index contributed by atoms with van der Waals surface area (Å²) in [6, 6.07) is 7.09. The average Bonchev–Trinajstić information content (AvgIpc) is 2.50. The fourth-order valence-corrected chi connectivity index (χ4v) is 2.57. The Labute approximate surface area is 125 Å². The summed E-state index contributed by atoms with van der Waals surface area (Å²) in [6.07, 6.45) is 1.72. The van der Waals surface area contributed by atoms with Gasteiger partial charge in [-0.05, 0) is 32.0 Å². The van der Waals surface area contributed by atoms with Gasteiger partial charge in [0.2, 0.25) is 0 Å². The van der Waals surface area contributed by atoms with Crippen molar-refractivity contribution in [1.82, 2.24) is 10.2 Å². The first-order chi connectivity index (χ1) is 10.1. The van der Waals surface area contributed by atoms with Crippen molar-refractivity contribution in [3.63, 3.8) is 0 Å². The van der Waals surface area contributed by atoms with Gasteiger partial charge in [-0.2, -0.15) is 0 Å². The molecule has 116 valence electrons. The van der Waals surface area contributed by atoms with Gasteiger partial charge in [-0.25, -0.2) is 4.79 Å². The second kappa shape index (κ2) is 6.78. The van der Waals surface area contributed by atoms with Crippen LogP contribution in [0.15, 0.2) is 24.3 Å². The Hall–Kier alpha value is -1.79. The molecule has 4 N–H and O–H groups in total. The molecule has 6 nitrogen and oxygen atoms in total. The average molecular weight is 292 g/mol. The van der Waals surface area contributed by atoms with Gasteiger partial charge in [0.1, 0.15) is 5.75 Å². The van der Waals surface area contributed by atoms with Crippen LogP contribution in [0.3, 0.4) is 0 Å². The van der Waals surface area contributed by atoms with Gasteiger partial charge in [0, 0.05) is 19.6 Å². The van der Waals surface area contributed by atoms with E-state index in [9.17, 15) is 4.79 Å². The molecule has 1 fully saturated rings. The molecule has 2 amide bonds. The number of hydrogen-bond donors (Lipinski definition) is 3. The fourth-order valence-electron chi connectivity index (χ4n) is 2.57. The predicted octanol–water partition coefficient (Wildman–Crippen LogP) is 1.24. The third-order valence-corrected chi connectivity index (χ3v) is 4.07. The van der Waals surface area contributed by atoms with Crippen molar-refractivity contribution >= 4 is 11.7 Å². The molecular weight excluding hydrogens is 268 g/mol. The number of ether oxygens (including phenoxy) is 1. The van der Waals surface area contributed by atoms with Gasteiger partial charge in [0.25, 0.3) is 0 Å². The maximum absolute atomic E-state index is 12.2. The summed E-state index contributed by atoms with van der Waals surface area (Å²) < 4.78 is 5.23. The molecule has 1 aliphatic rings. The monoisotopic (exact) mass is 292 g/mol. The van der Waals surface area contributed by atoms with E-state index in [0.29, 0.717) is 18.0 Å². The van der Waals surface area contributed by atoms with Crippen LogP contribution in [-0.4, -0.2) is 50.3 Å². The zero-order valence-electron chi connectivity index (χ0n) is 12.7. The number of nitrogens with zero attached hydrogens (tertiary/aromatic N) is 1. The van der Waals surface area contributed by atoms with Crippen LogP contribution in [0.5, 0.6) is 5.75 Å². The molecule has 1 saturated heterocycles. The number of nitrogens with one attached hydrogen (secondary N) is 2. The van der Waals surface area contributed by atoms with E-state index in [0.717, 1.165) is 25.9 Å². The number of carbonyl (C=O) groups is 1. The summed E-state index contributed by atoms with van der Waals surface area (Å²) in [6.45, 7) is 2.32. The van der Waals surface area contributed by atoms with Gasteiger partial charge in [0.05, 0.1) is 18.3 Å². The Morgan fingerprint density at radius 2 is 2.05 bits per heavy atom. The van der Waals surface area contributed by atoms with E-state index in [-0.39, 0.29) is 11.6 Å².